The Kier molecular flexibility index (Phi) is 4.30. The van der Waals surface area contributed by atoms with E-state index < -0.39 is 0 Å². The maximum Gasteiger partial charge on any atom is 0.244 e. The number of carbonyl (C=O) groups is 1. The molecule has 1 aliphatic rings. The first-order chi connectivity index (χ1) is 9.08. The molecule has 1 atom stereocenters. The van der Waals surface area contributed by atoms with Crippen molar-refractivity contribution in [2.24, 2.45) is 0 Å². The van der Waals surface area contributed by atoms with Crippen molar-refractivity contribution in [2.45, 2.75) is 39.2 Å². The van der Waals surface area contributed by atoms with Gasteiger partial charge in [-0.1, -0.05) is 6.07 Å². The topological polar surface area (TPSA) is 58.4 Å². The Labute approximate surface area is 115 Å². The zero-order valence-electron chi connectivity index (χ0n) is 11.8. The molecule has 4 heteroatoms. The fourth-order valence-corrected chi connectivity index (χ4v) is 2.48. The van der Waals surface area contributed by atoms with Gasteiger partial charge >= 0.3 is 0 Å². The Morgan fingerprint density at radius 2 is 2.00 bits per heavy atom. The number of hydrogen-bond acceptors (Lipinski definition) is 3. The van der Waals surface area contributed by atoms with Crippen molar-refractivity contribution in [3.63, 3.8) is 0 Å². The zero-order chi connectivity index (χ0) is 13.8. The van der Waals surface area contributed by atoms with Crippen LogP contribution in [0.2, 0.25) is 0 Å². The van der Waals surface area contributed by atoms with Crippen LogP contribution in [0, 0.1) is 6.92 Å². The summed E-state index contributed by atoms with van der Waals surface area (Å²) in [5.74, 6) is 0.182. The first-order valence-electron chi connectivity index (χ1n) is 6.99. The lowest BCUT2D eigenvalue weighted by Crippen LogP contribution is -2.44. The number of nitrogen functional groups attached to an aromatic ring is 1. The number of benzene rings is 1. The second kappa shape index (κ2) is 5.95. The van der Waals surface area contributed by atoms with Crippen molar-refractivity contribution in [2.75, 3.05) is 24.1 Å². The van der Waals surface area contributed by atoms with E-state index in [1.54, 1.807) is 0 Å². The predicted octanol–water partition coefficient (Wildman–Crippen LogP) is 2.39. The number of hydrogen-bond donors (Lipinski definition) is 2. The summed E-state index contributed by atoms with van der Waals surface area (Å²) in [6.45, 7) is 5.71. The minimum atomic E-state index is -0.210. The van der Waals surface area contributed by atoms with E-state index >= 15 is 0 Å². The largest absolute Gasteiger partial charge is 0.399 e. The standard InChI is InChI=1S/C15H23N3O/c1-11-6-7-13(16)10-14(11)17-12(2)15(19)18-8-4-3-5-9-18/h6-7,10,12,17H,3-5,8-9,16H2,1-2H3. The second-order valence-electron chi connectivity index (χ2n) is 5.33. The summed E-state index contributed by atoms with van der Waals surface area (Å²) >= 11 is 0. The molecular weight excluding hydrogens is 238 g/mol. The molecule has 1 aromatic rings. The molecule has 0 radical (unpaired) electrons. The smallest absolute Gasteiger partial charge is 0.244 e. The van der Waals surface area contributed by atoms with E-state index in [0.717, 1.165) is 37.2 Å². The Hall–Kier alpha value is -1.71. The van der Waals surface area contributed by atoms with Crippen LogP contribution in [0.1, 0.15) is 31.7 Å². The highest BCUT2D eigenvalue weighted by atomic mass is 16.2. The van der Waals surface area contributed by atoms with Crippen LogP contribution in [0.25, 0.3) is 0 Å². The van der Waals surface area contributed by atoms with Gasteiger partial charge < -0.3 is 16.0 Å². The molecular formula is C15H23N3O. The van der Waals surface area contributed by atoms with E-state index in [4.69, 9.17) is 5.73 Å². The van der Waals surface area contributed by atoms with Gasteiger partial charge in [0.15, 0.2) is 0 Å². The van der Waals surface area contributed by atoms with E-state index in [1.165, 1.54) is 6.42 Å². The van der Waals surface area contributed by atoms with Gasteiger partial charge in [0.05, 0.1) is 0 Å². The monoisotopic (exact) mass is 261 g/mol. The molecule has 0 aromatic heterocycles. The molecule has 1 heterocycles. The number of rotatable bonds is 3. The van der Waals surface area contributed by atoms with Crippen LogP contribution in [-0.2, 0) is 4.79 Å². The third kappa shape index (κ3) is 3.40. The summed E-state index contributed by atoms with van der Waals surface area (Å²) in [5, 5.41) is 3.28. The highest BCUT2D eigenvalue weighted by Gasteiger charge is 2.22. The van der Waals surface area contributed by atoms with Gasteiger partial charge in [-0.25, -0.2) is 0 Å². The van der Waals surface area contributed by atoms with Crippen molar-refractivity contribution >= 4 is 17.3 Å². The van der Waals surface area contributed by atoms with Crippen LogP contribution in [0.15, 0.2) is 18.2 Å². The Balaban J connectivity index is 2.01. The van der Waals surface area contributed by atoms with E-state index in [0.29, 0.717) is 5.69 Å². The van der Waals surface area contributed by atoms with Gasteiger partial charge in [0.25, 0.3) is 0 Å². The van der Waals surface area contributed by atoms with Gasteiger partial charge in [-0.05, 0) is 50.8 Å². The van der Waals surface area contributed by atoms with Gasteiger partial charge in [0, 0.05) is 24.5 Å². The van der Waals surface area contributed by atoms with Crippen LogP contribution in [0.5, 0.6) is 0 Å². The van der Waals surface area contributed by atoms with E-state index in [9.17, 15) is 4.79 Å². The van der Waals surface area contributed by atoms with Gasteiger partial charge in [-0.2, -0.15) is 0 Å². The zero-order valence-corrected chi connectivity index (χ0v) is 11.8. The Morgan fingerprint density at radius 1 is 1.32 bits per heavy atom. The maximum absolute atomic E-state index is 12.3. The minimum absolute atomic E-state index is 0.182. The molecule has 0 spiro atoms. The number of anilines is 2. The van der Waals surface area contributed by atoms with Gasteiger partial charge in [-0.15, -0.1) is 0 Å². The number of aryl methyl sites for hydroxylation is 1. The summed E-state index contributed by atoms with van der Waals surface area (Å²) in [6.07, 6.45) is 3.48. The van der Waals surface area contributed by atoms with Gasteiger partial charge in [0.2, 0.25) is 5.91 Å². The average Bonchev–Trinajstić information content (AvgIpc) is 2.43. The molecule has 1 aliphatic heterocycles. The highest BCUT2D eigenvalue weighted by molar-refractivity contribution is 5.84. The molecule has 1 amide bonds. The number of piperidine rings is 1. The Morgan fingerprint density at radius 3 is 2.68 bits per heavy atom. The van der Waals surface area contributed by atoms with Crippen LogP contribution in [0.4, 0.5) is 11.4 Å². The third-order valence-corrected chi connectivity index (χ3v) is 3.67. The second-order valence-corrected chi connectivity index (χ2v) is 5.33. The summed E-state index contributed by atoms with van der Waals surface area (Å²) in [4.78, 5) is 14.3. The average molecular weight is 261 g/mol. The fraction of sp³-hybridized carbons (Fsp3) is 0.533. The molecule has 0 aliphatic carbocycles. The highest BCUT2D eigenvalue weighted by Crippen LogP contribution is 2.20. The van der Waals surface area contributed by atoms with Crippen molar-refractivity contribution in [1.82, 2.24) is 4.90 Å². The van der Waals surface area contributed by atoms with Crippen LogP contribution in [-0.4, -0.2) is 29.9 Å². The molecule has 2 rings (SSSR count). The molecule has 1 saturated heterocycles. The number of nitrogens with two attached hydrogens (primary N) is 1. The molecule has 19 heavy (non-hydrogen) atoms. The fourth-order valence-electron chi connectivity index (χ4n) is 2.48. The molecule has 0 bridgehead atoms. The summed E-state index contributed by atoms with van der Waals surface area (Å²) in [7, 11) is 0. The van der Waals surface area contributed by atoms with E-state index in [-0.39, 0.29) is 11.9 Å². The maximum atomic E-state index is 12.3. The van der Waals surface area contributed by atoms with Gasteiger partial charge in [-0.3, -0.25) is 4.79 Å². The molecule has 1 aromatic carbocycles. The van der Waals surface area contributed by atoms with Crippen molar-refractivity contribution < 1.29 is 4.79 Å². The lowest BCUT2D eigenvalue weighted by molar-refractivity contribution is -0.132. The minimum Gasteiger partial charge on any atom is -0.399 e. The molecule has 1 unspecified atom stereocenters. The normalized spacial score (nSPS) is 17.1. The molecule has 4 nitrogen and oxygen atoms in total. The van der Waals surface area contributed by atoms with Crippen molar-refractivity contribution in [3.8, 4) is 0 Å². The quantitative estimate of drug-likeness (QED) is 0.821. The molecule has 3 N–H and O–H groups in total. The van der Waals surface area contributed by atoms with Crippen LogP contribution in [0.3, 0.4) is 0 Å². The van der Waals surface area contributed by atoms with Crippen LogP contribution < -0.4 is 11.1 Å². The van der Waals surface area contributed by atoms with E-state index in [1.807, 2.05) is 36.9 Å². The van der Waals surface area contributed by atoms with Crippen molar-refractivity contribution in [1.29, 1.82) is 0 Å². The number of nitrogens with zero attached hydrogens (tertiary/aromatic N) is 1. The predicted molar refractivity (Wildman–Crippen MR) is 79.1 cm³/mol. The SMILES string of the molecule is Cc1ccc(N)cc1NC(C)C(=O)N1CCCCC1. The number of nitrogens with one attached hydrogen (secondary N) is 1. The lowest BCUT2D eigenvalue weighted by atomic mass is 10.1. The molecule has 104 valence electrons. The first-order valence-corrected chi connectivity index (χ1v) is 6.99. The number of amides is 1. The summed E-state index contributed by atoms with van der Waals surface area (Å²) < 4.78 is 0. The molecule has 0 saturated carbocycles. The summed E-state index contributed by atoms with van der Waals surface area (Å²) in [6, 6.07) is 5.52. The third-order valence-electron chi connectivity index (χ3n) is 3.67. The first kappa shape index (κ1) is 13.7. The van der Waals surface area contributed by atoms with Gasteiger partial charge in [0.1, 0.15) is 6.04 Å². The Bertz CT molecular complexity index is 453. The lowest BCUT2D eigenvalue weighted by Gasteiger charge is -2.30. The summed E-state index contributed by atoms with van der Waals surface area (Å²) in [5.41, 5.74) is 8.55. The number of carbonyl (C=O) groups excluding carboxylic acids is 1. The van der Waals surface area contributed by atoms with E-state index in [2.05, 4.69) is 5.32 Å². The number of likely N-dealkylation sites (tertiary alicyclic amines) is 1. The molecule has 1 fully saturated rings. The van der Waals surface area contributed by atoms with Crippen molar-refractivity contribution in [3.05, 3.63) is 23.8 Å². The van der Waals surface area contributed by atoms with Crippen LogP contribution >= 0.6 is 0 Å².